The standard InChI is InChI=1S/C23H31N5O4S2/c1-2-4-16-21-18(9-12-27(21)20(29)7-6-15-5-3-10-24-13-15)28(23(16)30)34(31,32)22-17-14-26-33-19(17)8-11-25-22/h8,11,14-16,18,21,24H,2-7,9-10,12-13H2,1H3/t15?,16-,18+,21-/m1/s1. The van der Waals surface area contributed by atoms with E-state index < -0.39 is 33.9 Å². The van der Waals surface area contributed by atoms with Gasteiger partial charge in [0.15, 0.2) is 5.03 Å². The molecule has 0 aromatic carbocycles. The zero-order chi connectivity index (χ0) is 23.9. The molecule has 34 heavy (non-hydrogen) atoms. The van der Waals surface area contributed by atoms with Gasteiger partial charge in [0, 0.05) is 19.2 Å². The molecule has 0 radical (unpaired) electrons. The fourth-order valence-electron chi connectivity index (χ4n) is 5.92. The molecule has 2 aromatic heterocycles. The molecule has 4 atom stereocenters. The Morgan fingerprint density at radius 2 is 2.15 bits per heavy atom. The van der Waals surface area contributed by atoms with Crippen LogP contribution in [-0.2, 0) is 19.6 Å². The minimum Gasteiger partial charge on any atom is -0.337 e. The fraction of sp³-hybridized carbons (Fsp3) is 0.652. The molecule has 1 unspecified atom stereocenters. The first-order valence-corrected chi connectivity index (χ1v) is 14.4. The maximum absolute atomic E-state index is 13.8. The zero-order valence-corrected chi connectivity index (χ0v) is 21.0. The van der Waals surface area contributed by atoms with E-state index in [1.165, 1.54) is 23.9 Å². The number of fused-ring (bicyclic) bond motifs is 2. The minimum atomic E-state index is -4.18. The van der Waals surface area contributed by atoms with Gasteiger partial charge in [-0.05, 0) is 68.7 Å². The van der Waals surface area contributed by atoms with E-state index in [1.807, 2.05) is 6.92 Å². The van der Waals surface area contributed by atoms with Gasteiger partial charge in [-0.15, -0.1) is 0 Å². The molecule has 0 bridgehead atoms. The predicted molar refractivity (Wildman–Crippen MR) is 129 cm³/mol. The van der Waals surface area contributed by atoms with E-state index in [-0.39, 0.29) is 10.9 Å². The van der Waals surface area contributed by atoms with Crippen molar-refractivity contribution in [1.29, 1.82) is 0 Å². The number of carbonyl (C=O) groups is 2. The molecule has 0 spiro atoms. The smallest absolute Gasteiger partial charge is 0.285 e. The summed E-state index contributed by atoms with van der Waals surface area (Å²) in [6.07, 6.45) is 8.22. The summed E-state index contributed by atoms with van der Waals surface area (Å²) in [5, 5.41) is 3.70. The number of rotatable bonds is 7. The number of hydrogen-bond acceptors (Lipinski definition) is 8. The van der Waals surface area contributed by atoms with E-state index >= 15 is 0 Å². The lowest BCUT2D eigenvalue weighted by Gasteiger charge is -2.29. The van der Waals surface area contributed by atoms with Gasteiger partial charge in [-0.3, -0.25) is 9.59 Å². The van der Waals surface area contributed by atoms with Crippen LogP contribution >= 0.6 is 11.5 Å². The summed E-state index contributed by atoms with van der Waals surface area (Å²) in [6.45, 7) is 4.44. The van der Waals surface area contributed by atoms with Crippen LogP contribution in [0.3, 0.4) is 0 Å². The second kappa shape index (κ2) is 9.50. The van der Waals surface area contributed by atoms with Gasteiger partial charge in [0.25, 0.3) is 10.0 Å². The topological polar surface area (TPSA) is 113 Å². The molecule has 1 N–H and O–H groups in total. The van der Waals surface area contributed by atoms with Gasteiger partial charge in [0.1, 0.15) is 0 Å². The summed E-state index contributed by atoms with van der Waals surface area (Å²) in [5.41, 5.74) is 0. The van der Waals surface area contributed by atoms with Crippen LogP contribution in [0.2, 0.25) is 0 Å². The highest BCUT2D eigenvalue weighted by Crippen LogP contribution is 2.42. The maximum Gasteiger partial charge on any atom is 0.285 e. The summed E-state index contributed by atoms with van der Waals surface area (Å²) in [5.74, 6) is -0.385. The van der Waals surface area contributed by atoms with Crippen LogP contribution in [0.25, 0.3) is 10.1 Å². The highest BCUT2D eigenvalue weighted by molar-refractivity contribution is 7.89. The van der Waals surface area contributed by atoms with Crippen molar-refractivity contribution in [2.45, 2.75) is 69.0 Å². The summed E-state index contributed by atoms with van der Waals surface area (Å²) < 4.78 is 33.4. The monoisotopic (exact) mass is 505 g/mol. The van der Waals surface area contributed by atoms with E-state index in [0.717, 1.165) is 43.1 Å². The van der Waals surface area contributed by atoms with Crippen LogP contribution < -0.4 is 5.32 Å². The van der Waals surface area contributed by atoms with Gasteiger partial charge in [0.05, 0.1) is 34.3 Å². The number of nitrogens with zero attached hydrogens (tertiary/aromatic N) is 4. The number of likely N-dealkylation sites (tertiary alicyclic amines) is 1. The number of piperidine rings is 1. The molecule has 0 saturated carbocycles. The average molecular weight is 506 g/mol. The molecule has 5 heterocycles. The third kappa shape index (κ3) is 4.01. The van der Waals surface area contributed by atoms with Crippen molar-refractivity contribution in [3.05, 3.63) is 18.5 Å². The second-order valence-corrected chi connectivity index (χ2v) is 12.1. The van der Waals surface area contributed by atoms with Crippen LogP contribution in [0, 0.1) is 11.8 Å². The van der Waals surface area contributed by atoms with E-state index in [4.69, 9.17) is 0 Å². The number of pyridine rings is 1. The van der Waals surface area contributed by atoms with Crippen LogP contribution in [0.15, 0.2) is 23.5 Å². The van der Waals surface area contributed by atoms with Crippen molar-refractivity contribution in [3.63, 3.8) is 0 Å². The molecule has 9 nitrogen and oxygen atoms in total. The number of hydrogen-bond donors (Lipinski definition) is 1. The summed E-state index contributed by atoms with van der Waals surface area (Å²) in [7, 11) is -4.18. The number of sulfonamides is 1. The Bertz CT molecular complexity index is 1180. The highest BCUT2D eigenvalue weighted by Gasteiger charge is 2.58. The molecule has 2 aromatic rings. The molecule has 3 fully saturated rings. The molecule has 3 saturated heterocycles. The molecule has 184 valence electrons. The quantitative estimate of drug-likeness (QED) is 0.615. The number of aromatic nitrogens is 2. The zero-order valence-electron chi connectivity index (χ0n) is 19.4. The first-order valence-electron chi connectivity index (χ1n) is 12.2. The normalized spacial score (nSPS) is 27.5. The Morgan fingerprint density at radius 1 is 1.29 bits per heavy atom. The van der Waals surface area contributed by atoms with E-state index in [2.05, 4.69) is 14.7 Å². The van der Waals surface area contributed by atoms with Gasteiger partial charge < -0.3 is 10.2 Å². The third-order valence-corrected chi connectivity index (χ3v) is 10.0. The van der Waals surface area contributed by atoms with Crippen molar-refractivity contribution in [3.8, 4) is 0 Å². The Kier molecular flexibility index (Phi) is 6.60. The lowest BCUT2D eigenvalue weighted by molar-refractivity contribution is -0.134. The number of nitrogens with one attached hydrogen (secondary N) is 1. The van der Waals surface area contributed by atoms with E-state index in [9.17, 15) is 18.0 Å². The fourth-order valence-corrected chi connectivity index (χ4v) is 8.40. The number of carbonyl (C=O) groups excluding carboxylic acids is 2. The molecular weight excluding hydrogens is 474 g/mol. The van der Waals surface area contributed by atoms with E-state index in [1.54, 1.807) is 11.0 Å². The SMILES string of the molecule is CCC[C@H]1C(=O)N(S(=O)(=O)c2nccc3sncc23)[C@H]2CCN(C(=O)CCC3CCCNC3)[C@H]12. The first kappa shape index (κ1) is 23.6. The van der Waals surface area contributed by atoms with Gasteiger partial charge >= 0.3 is 0 Å². The molecule has 0 aliphatic carbocycles. The molecule has 5 rings (SSSR count). The van der Waals surface area contributed by atoms with Gasteiger partial charge in [0.2, 0.25) is 11.8 Å². The van der Waals surface area contributed by atoms with Crippen molar-refractivity contribution in [2.75, 3.05) is 19.6 Å². The molecule has 3 aliphatic rings. The predicted octanol–water partition coefficient (Wildman–Crippen LogP) is 2.39. The van der Waals surface area contributed by atoms with Crippen LogP contribution in [0.1, 0.15) is 51.9 Å². The summed E-state index contributed by atoms with van der Waals surface area (Å²) in [6, 6.07) is 0.773. The third-order valence-electron chi connectivity index (χ3n) is 7.50. The van der Waals surface area contributed by atoms with Crippen LogP contribution in [-0.4, -0.2) is 70.5 Å². The molecule has 3 aliphatic heterocycles. The van der Waals surface area contributed by atoms with Crippen molar-refractivity contribution in [1.82, 2.24) is 23.9 Å². The first-order chi connectivity index (χ1) is 16.4. The summed E-state index contributed by atoms with van der Waals surface area (Å²) >= 11 is 1.20. The maximum atomic E-state index is 13.8. The van der Waals surface area contributed by atoms with Gasteiger partial charge in [-0.2, -0.15) is 12.8 Å². The Balaban J connectivity index is 1.41. The molecular formula is C23H31N5O4S2. The van der Waals surface area contributed by atoms with Gasteiger partial charge in [-0.1, -0.05) is 13.3 Å². The number of amides is 2. The lowest BCUT2D eigenvalue weighted by atomic mass is 9.92. The Morgan fingerprint density at radius 3 is 2.91 bits per heavy atom. The Labute approximate surface area is 204 Å². The van der Waals surface area contributed by atoms with Crippen molar-refractivity contribution >= 4 is 43.5 Å². The average Bonchev–Trinajstić information content (AvgIpc) is 3.54. The second-order valence-electron chi connectivity index (χ2n) is 9.57. The molecule has 11 heteroatoms. The summed E-state index contributed by atoms with van der Waals surface area (Å²) in [4.78, 5) is 32.7. The minimum absolute atomic E-state index is 0.0356. The van der Waals surface area contributed by atoms with Gasteiger partial charge in [-0.25, -0.2) is 9.29 Å². The van der Waals surface area contributed by atoms with Crippen LogP contribution in [0.4, 0.5) is 0 Å². The van der Waals surface area contributed by atoms with Crippen LogP contribution in [0.5, 0.6) is 0 Å². The van der Waals surface area contributed by atoms with E-state index in [0.29, 0.717) is 41.8 Å². The highest BCUT2D eigenvalue weighted by atomic mass is 32.2. The Hall–Kier alpha value is -2.11. The largest absolute Gasteiger partial charge is 0.337 e. The van der Waals surface area contributed by atoms with Crippen molar-refractivity contribution in [2.24, 2.45) is 11.8 Å². The lowest BCUT2D eigenvalue weighted by Crippen LogP contribution is -2.43. The van der Waals surface area contributed by atoms with Crippen molar-refractivity contribution < 1.29 is 18.0 Å². The molecule has 2 amide bonds.